The zero-order chi connectivity index (χ0) is 15.2. The fraction of sp³-hybridized carbons (Fsp3) is 0.118. The SMILES string of the molecule is CCOc1cccc(/C(=C/c2cccc(Cl)c2)C(=O)O)c1. The van der Waals surface area contributed by atoms with Crippen molar-refractivity contribution in [1.82, 2.24) is 0 Å². The Morgan fingerprint density at radius 2 is 2.00 bits per heavy atom. The average Bonchev–Trinajstić information content (AvgIpc) is 2.45. The van der Waals surface area contributed by atoms with Crippen LogP contribution in [0.15, 0.2) is 48.5 Å². The summed E-state index contributed by atoms with van der Waals surface area (Å²) in [6.07, 6.45) is 1.60. The molecule has 1 N–H and O–H groups in total. The summed E-state index contributed by atoms with van der Waals surface area (Å²) < 4.78 is 5.40. The number of halogens is 1. The Bertz CT molecular complexity index is 677. The average molecular weight is 303 g/mol. The number of ether oxygens (including phenoxy) is 1. The van der Waals surface area contributed by atoms with Gasteiger partial charge in [-0.2, -0.15) is 0 Å². The van der Waals surface area contributed by atoms with E-state index in [1.54, 1.807) is 54.6 Å². The second kappa shape index (κ2) is 6.95. The van der Waals surface area contributed by atoms with Crippen LogP contribution in [0.3, 0.4) is 0 Å². The molecule has 2 aromatic rings. The Kier molecular flexibility index (Phi) is 5.01. The molecule has 0 unspecified atom stereocenters. The van der Waals surface area contributed by atoms with Gasteiger partial charge in [-0.15, -0.1) is 0 Å². The minimum atomic E-state index is -0.997. The van der Waals surface area contributed by atoms with Crippen molar-refractivity contribution in [2.24, 2.45) is 0 Å². The first-order valence-corrected chi connectivity index (χ1v) is 6.91. The van der Waals surface area contributed by atoms with Crippen LogP contribution < -0.4 is 4.74 Å². The Morgan fingerprint density at radius 1 is 1.24 bits per heavy atom. The third-order valence-corrected chi connectivity index (χ3v) is 3.08. The normalized spacial score (nSPS) is 11.2. The molecule has 4 heteroatoms. The number of carbonyl (C=O) groups is 1. The Balaban J connectivity index is 2.44. The monoisotopic (exact) mass is 302 g/mol. The predicted octanol–water partition coefficient (Wildman–Crippen LogP) is 4.36. The van der Waals surface area contributed by atoms with Gasteiger partial charge in [0.2, 0.25) is 0 Å². The molecule has 0 fully saturated rings. The lowest BCUT2D eigenvalue weighted by Crippen LogP contribution is -2.00. The summed E-state index contributed by atoms with van der Waals surface area (Å²) in [6, 6.07) is 14.1. The maximum absolute atomic E-state index is 11.5. The lowest BCUT2D eigenvalue weighted by Gasteiger charge is -2.07. The molecule has 2 rings (SSSR count). The van der Waals surface area contributed by atoms with E-state index in [2.05, 4.69) is 0 Å². The van der Waals surface area contributed by atoms with E-state index >= 15 is 0 Å². The highest BCUT2D eigenvalue weighted by Crippen LogP contribution is 2.24. The summed E-state index contributed by atoms with van der Waals surface area (Å²) in [6.45, 7) is 2.41. The van der Waals surface area contributed by atoms with Crippen molar-refractivity contribution in [3.63, 3.8) is 0 Å². The second-order valence-electron chi connectivity index (χ2n) is 4.38. The van der Waals surface area contributed by atoms with E-state index in [0.717, 1.165) is 5.56 Å². The molecule has 0 saturated heterocycles. The molecule has 108 valence electrons. The first kappa shape index (κ1) is 15.1. The predicted molar refractivity (Wildman–Crippen MR) is 84.6 cm³/mol. The van der Waals surface area contributed by atoms with Gasteiger partial charge in [-0.3, -0.25) is 0 Å². The molecular formula is C17H15ClO3. The van der Waals surface area contributed by atoms with Crippen LogP contribution in [0.2, 0.25) is 5.02 Å². The fourth-order valence-corrected chi connectivity index (χ4v) is 2.15. The van der Waals surface area contributed by atoms with E-state index in [1.165, 1.54) is 0 Å². The number of hydrogen-bond donors (Lipinski definition) is 1. The molecule has 0 aromatic heterocycles. The maximum Gasteiger partial charge on any atom is 0.336 e. The lowest BCUT2D eigenvalue weighted by molar-refractivity contribution is -0.130. The third-order valence-electron chi connectivity index (χ3n) is 2.85. The number of carboxylic acids is 1. The summed E-state index contributed by atoms with van der Waals surface area (Å²) in [5.41, 5.74) is 1.52. The Hall–Kier alpha value is -2.26. The first-order chi connectivity index (χ1) is 10.1. The molecule has 0 radical (unpaired) electrons. The van der Waals surface area contributed by atoms with Crippen LogP contribution >= 0.6 is 11.6 Å². The summed E-state index contributed by atoms with van der Waals surface area (Å²) in [5, 5.41) is 10.0. The van der Waals surface area contributed by atoms with Crippen molar-refractivity contribution in [2.45, 2.75) is 6.92 Å². The topological polar surface area (TPSA) is 46.5 Å². The molecule has 0 atom stereocenters. The molecule has 0 saturated carbocycles. The van der Waals surface area contributed by atoms with E-state index in [1.807, 2.05) is 6.92 Å². The molecule has 0 amide bonds. The van der Waals surface area contributed by atoms with Crippen molar-refractivity contribution in [1.29, 1.82) is 0 Å². The van der Waals surface area contributed by atoms with Gasteiger partial charge in [0.1, 0.15) is 5.75 Å². The molecule has 0 bridgehead atoms. The molecule has 0 heterocycles. The number of benzene rings is 2. The largest absolute Gasteiger partial charge is 0.494 e. The smallest absolute Gasteiger partial charge is 0.336 e. The van der Waals surface area contributed by atoms with Gasteiger partial charge in [0, 0.05) is 5.02 Å². The van der Waals surface area contributed by atoms with Gasteiger partial charge in [-0.05, 0) is 48.4 Å². The van der Waals surface area contributed by atoms with E-state index < -0.39 is 5.97 Å². The highest BCUT2D eigenvalue weighted by atomic mass is 35.5. The van der Waals surface area contributed by atoms with Gasteiger partial charge in [0.15, 0.2) is 0 Å². The zero-order valence-electron chi connectivity index (χ0n) is 11.5. The number of carboxylic acid groups (broad SMARTS) is 1. The van der Waals surface area contributed by atoms with Crippen molar-refractivity contribution in [3.8, 4) is 5.75 Å². The van der Waals surface area contributed by atoms with Crippen molar-refractivity contribution >= 4 is 29.2 Å². The van der Waals surface area contributed by atoms with Crippen LogP contribution in [0.1, 0.15) is 18.1 Å². The fourth-order valence-electron chi connectivity index (χ4n) is 1.95. The highest BCUT2D eigenvalue weighted by molar-refractivity contribution is 6.30. The standard InChI is InChI=1S/C17H15ClO3/c1-2-21-15-8-4-6-13(11-15)16(17(19)20)10-12-5-3-7-14(18)9-12/h3-11H,2H2,1H3,(H,19,20)/b16-10-. The molecule has 0 aliphatic carbocycles. The molecule has 2 aromatic carbocycles. The summed E-state index contributed by atoms with van der Waals surface area (Å²) >= 11 is 5.92. The molecule has 0 spiro atoms. The molecule has 21 heavy (non-hydrogen) atoms. The lowest BCUT2D eigenvalue weighted by atomic mass is 10.0. The number of rotatable bonds is 5. The van der Waals surface area contributed by atoms with Crippen molar-refractivity contribution in [2.75, 3.05) is 6.61 Å². The van der Waals surface area contributed by atoms with Crippen LogP contribution in [0.5, 0.6) is 5.75 Å². The maximum atomic E-state index is 11.5. The Morgan fingerprint density at radius 3 is 2.67 bits per heavy atom. The van der Waals surface area contributed by atoms with Gasteiger partial charge in [0.05, 0.1) is 12.2 Å². The van der Waals surface area contributed by atoms with E-state index in [9.17, 15) is 9.90 Å². The van der Waals surface area contributed by atoms with Crippen LogP contribution in [0.4, 0.5) is 0 Å². The van der Waals surface area contributed by atoms with Gasteiger partial charge < -0.3 is 9.84 Å². The summed E-state index contributed by atoms with van der Waals surface area (Å²) in [5.74, 6) is -0.350. The molecule has 3 nitrogen and oxygen atoms in total. The van der Waals surface area contributed by atoms with E-state index in [4.69, 9.17) is 16.3 Å². The summed E-state index contributed by atoms with van der Waals surface area (Å²) in [7, 11) is 0. The third kappa shape index (κ3) is 4.10. The highest BCUT2D eigenvalue weighted by Gasteiger charge is 2.11. The number of hydrogen-bond acceptors (Lipinski definition) is 2. The zero-order valence-corrected chi connectivity index (χ0v) is 12.3. The van der Waals surface area contributed by atoms with Gasteiger partial charge >= 0.3 is 5.97 Å². The number of aliphatic carboxylic acids is 1. The van der Waals surface area contributed by atoms with Crippen molar-refractivity contribution < 1.29 is 14.6 Å². The minimum absolute atomic E-state index is 0.193. The van der Waals surface area contributed by atoms with Gasteiger partial charge in [-0.25, -0.2) is 4.79 Å². The van der Waals surface area contributed by atoms with Gasteiger partial charge in [-0.1, -0.05) is 35.9 Å². The quantitative estimate of drug-likeness (QED) is 0.659. The first-order valence-electron chi connectivity index (χ1n) is 6.54. The van der Waals surface area contributed by atoms with Crippen LogP contribution in [0.25, 0.3) is 11.6 Å². The second-order valence-corrected chi connectivity index (χ2v) is 4.82. The summed E-state index contributed by atoms with van der Waals surface area (Å²) in [4.78, 5) is 11.5. The van der Waals surface area contributed by atoms with Gasteiger partial charge in [0.25, 0.3) is 0 Å². The molecule has 0 aliphatic rings. The van der Waals surface area contributed by atoms with Crippen molar-refractivity contribution in [3.05, 3.63) is 64.7 Å². The van der Waals surface area contributed by atoms with Crippen LogP contribution in [-0.4, -0.2) is 17.7 Å². The Labute approximate surface area is 128 Å². The molecular weight excluding hydrogens is 288 g/mol. The van der Waals surface area contributed by atoms with E-state index in [0.29, 0.717) is 22.9 Å². The van der Waals surface area contributed by atoms with Crippen LogP contribution in [-0.2, 0) is 4.79 Å². The van der Waals surface area contributed by atoms with E-state index in [-0.39, 0.29) is 5.57 Å². The minimum Gasteiger partial charge on any atom is -0.494 e. The molecule has 0 aliphatic heterocycles. The van der Waals surface area contributed by atoms with Crippen LogP contribution in [0, 0.1) is 0 Å².